The van der Waals surface area contributed by atoms with Crippen molar-refractivity contribution in [1.82, 2.24) is 5.32 Å². The molecule has 0 bridgehead atoms. The Morgan fingerprint density at radius 2 is 1.96 bits per heavy atom. The van der Waals surface area contributed by atoms with E-state index in [9.17, 15) is 9.59 Å². The molecular weight excluding hydrogens is 298 g/mol. The van der Waals surface area contributed by atoms with Crippen LogP contribution < -0.4 is 14.8 Å². The first kappa shape index (κ1) is 18.8. The van der Waals surface area contributed by atoms with Gasteiger partial charge in [0.05, 0.1) is 24.2 Å². The lowest BCUT2D eigenvalue weighted by atomic mass is 9.90. The van der Waals surface area contributed by atoms with Gasteiger partial charge in [0, 0.05) is 12.6 Å². The number of hydrogen-bond acceptors (Lipinski definition) is 4. The molecule has 0 aliphatic rings. The summed E-state index contributed by atoms with van der Waals surface area (Å²) >= 11 is 0. The molecule has 0 aliphatic heterocycles. The zero-order valence-corrected chi connectivity index (χ0v) is 14.3. The molecule has 128 valence electrons. The number of carboxylic acids is 1. The van der Waals surface area contributed by atoms with Crippen LogP contribution in [0.25, 0.3) is 0 Å². The quantitative estimate of drug-likeness (QED) is 0.768. The molecule has 0 heterocycles. The van der Waals surface area contributed by atoms with Crippen molar-refractivity contribution in [3.8, 4) is 11.5 Å². The highest BCUT2D eigenvalue weighted by atomic mass is 16.5. The fourth-order valence-electron chi connectivity index (χ4n) is 1.86. The van der Waals surface area contributed by atoms with Gasteiger partial charge in [-0.2, -0.15) is 0 Å². The first-order valence-corrected chi connectivity index (χ1v) is 7.53. The largest absolute Gasteiger partial charge is 0.497 e. The third-order valence-corrected chi connectivity index (χ3v) is 3.41. The molecule has 0 aliphatic carbocycles. The van der Waals surface area contributed by atoms with Crippen LogP contribution >= 0.6 is 0 Å². The van der Waals surface area contributed by atoms with Crippen LogP contribution in [0.5, 0.6) is 11.5 Å². The van der Waals surface area contributed by atoms with Crippen LogP contribution in [0.1, 0.15) is 44.5 Å². The Morgan fingerprint density at radius 3 is 2.48 bits per heavy atom. The molecule has 1 aromatic carbocycles. The van der Waals surface area contributed by atoms with Crippen LogP contribution in [0.2, 0.25) is 0 Å². The lowest BCUT2D eigenvalue weighted by Crippen LogP contribution is -2.32. The van der Waals surface area contributed by atoms with Gasteiger partial charge in [0.25, 0.3) is 5.91 Å². The van der Waals surface area contributed by atoms with Crippen molar-refractivity contribution in [2.24, 2.45) is 5.41 Å². The van der Waals surface area contributed by atoms with Gasteiger partial charge in [-0.05, 0) is 46.2 Å². The number of benzene rings is 1. The molecule has 0 unspecified atom stereocenters. The minimum Gasteiger partial charge on any atom is -0.497 e. The van der Waals surface area contributed by atoms with Crippen molar-refractivity contribution in [2.45, 2.75) is 40.2 Å². The van der Waals surface area contributed by atoms with Crippen molar-refractivity contribution in [3.63, 3.8) is 0 Å². The summed E-state index contributed by atoms with van der Waals surface area (Å²) in [7, 11) is 1.54. The molecule has 0 atom stereocenters. The Labute approximate surface area is 136 Å². The maximum Gasteiger partial charge on any atom is 0.309 e. The second kappa shape index (κ2) is 7.85. The van der Waals surface area contributed by atoms with Crippen molar-refractivity contribution in [3.05, 3.63) is 23.8 Å². The van der Waals surface area contributed by atoms with E-state index in [4.69, 9.17) is 14.6 Å². The van der Waals surface area contributed by atoms with E-state index in [2.05, 4.69) is 5.32 Å². The lowest BCUT2D eigenvalue weighted by Gasteiger charge is -2.19. The molecule has 0 saturated carbocycles. The predicted octanol–water partition coefficient (Wildman–Crippen LogP) is 2.71. The predicted molar refractivity (Wildman–Crippen MR) is 87.1 cm³/mol. The Bertz CT molecular complexity index is 566. The maximum atomic E-state index is 12.3. The Morgan fingerprint density at radius 1 is 1.30 bits per heavy atom. The third-order valence-electron chi connectivity index (χ3n) is 3.41. The first-order valence-electron chi connectivity index (χ1n) is 7.53. The SMILES string of the molecule is COc1ccc(C(=O)NCCC(C)(C)C(=O)O)c(OC(C)C)c1. The van der Waals surface area contributed by atoms with E-state index in [1.165, 1.54) is 0 Å². The standard InChI is InChI=1S/C17H25NO5/c1-11(2)23-14-10-12(22-5)6-7-13(14)15(19)18-9-8-17(3,4)16(20)21/h6-7,10-11H,8-9H2,1-5H3,(H,18,19)(H,20,21). The number of hydrogen-bond donors (Lipinski definition) is 2. The van der Waals surface area contributed by atoms with Gasteiger partial charge in [-0.15, -0.1) is 0 Å². The molecule has 1 rings (SSSR count). The number of methoxy groups -OCH3 is 1. The zero-order chi connectivity index (χ0) is 17.6. The molecule has 6 heteroatoms. The minimum atomic E-state index is -0.889. The fourth-order valence-corrected chi connectivity index (χ4v) is 1.86. The molecule has 2 N–H and O–H groups in total. The van der Waals surface area contributed by atoms with E-state index in [0.29, 0.717) is 23.5 Å². The fraction of sp³-hybridized carbons (Fsp3) is 0.529. The molecule has 0 radical (unpaired) electrons. The Balaban J connectivity index is 2.81. The van der Waals surface area contributed by atoms with Crippen LogP contribution in [0.3, 0.4) is 0 Å². The number of aliphatic carboxylic acids is 1. The van der Waals surface area contributed by atoms with Gasteiger partial charge in [-0.3, -0.25) is 9.59 Å². The summed E-state index contributed by atoms with van der Waals surface area (Å²) in [6.07, 6.45) is 0.254. The van der Waals surface area contributed by atoms with E-state index in [1.54, 1.807) is 39.2 Å². The Kier molecular flexibility index (Phi) is 6.42. The average molecular weight is 323 g/mol. The Hall–Kier alpha value is -2.24. The van der Waals surface area contributed by atoms with E-state index in [0.717, 1.165) is 0 Å². The van der Waals surface area contributed by atoms with Gasteiger partial charge in [0.1, 0.15) is 11.5 Å². The van der Waals surface area contributed by atoms with Crippen LogP contribution in [0, 0.1) is 5.41 Å². The molecule has 0 aromatic heterocycles. The number of carbonyl (C=O) groups excluding carboxylic acids is 1. The number of carboxylic acid groups (broad SMARTS) is 1. The molecule has 0 spiro atoms. The molecule has 0 saturated heterocycles. The molecular formula is C17H25NO5. The molecule has 0 fully saturated rings. The number of rotatable bonds is 8. The summed E-state index contributed by atoms with van der Waals surface area (Å²) in [6, 6.07) is 4.98. The lowest BCUT2D eigenvalue weighted by molar-refractivity contribution is -0.147. The summed E-state index contributed by atoms with van der Waals surface area (Å²) in [6.45, 7) is 7.27. The highest BCUT2D eigenvalue weighted by molar-refractivity contribution is 5.97. The molecule has 1 aromatic rings. The van der Waals surface area contributed by atoms with Crippen molar-refractivity contribution >= 4 is 11.9 Å². The van der Waals surface area contributed by atoms with E-state index in [-0.39, 0.29) is 18.6 Å². The summed E-state index contributed by atoms with van der Waals surface area (Å²) in [5.74, 6) is -0.150. The van der Waals surface area contributed by atoms with Crippen LogP contribution in [-0.4, -0.2) is 36.7 Å². The van der Waals surface area contributed by atoms with Gasteiger partial charge in [0.15, 0.2) is 0 Å². The topological polar surface area (TPSA) is 84.9 Å². The van der Waals surface area contributed by atoms with Gasteiger partial charge in [0.2, 0.25) is 0 Å². The van der Waals surface area contributed by atoms with Crippen LogP contribution in [-0.2, 0) is 4.79 Å². The number of ether oxygens (including phenoxy) is 2. The first-order chi connectivity index (χ1) is 10.7. The van der Waals surface area contributed by atoms with Gasteiger partial charge < -0.3 is 19.9 Å². The second-order valence-electron chi connectivity index (χ2n) is 6.22. The molecule has 23 heavy (non-hydrogen) atoms. The van der Waals surface area contributed by atoms with Crippen LogP contribution in [0.15, 0.2) is 18.2 Å². The number of nitrogens with one attached hydrogen (secondary N) is 1. The average Bonchev–Trinajstić information content (AvgIpc) is 2.45. The zero-order valence-electron chi connectivity index (χ0n) is 14.3. The third kappa shape index (κ3) is 5.47. The normalized spacial score (nSPS) is 11.2. The van der Waals surface area contributed by atoms with Crippen molar-refractivity contribution in [1.29, 1.82) is 0 Å². The smallest absolute Gasteiger partial charge is 0.309 e. The van der Waals surface area contributed by atoms with Gasteiger partial charge >= 0.3 is 5.97 Å². The van der Waals surface area contributed by atoms with E-state index < -0.39 is 11.4 Å². The summed E-state index contributed by atoms with van der Waals surface area (Å²) in [5.41, 5.74) is -0.489. The van der Waals surface area contributed by atoms with Crippen LogP contribution in [0.4, 0.5) is 0 Å². The second-order valence-corrected chi connectivity index (χ2v) is 6.22. The summed E-state index contributed by atoms with van der Waals surface area (Å²) in [5, 5.41) is 11.8. The van der Waals surface area contributed by atoms with Crippen molar-refractivity contribution in [2.75, 3.05) is 13.7 Å². The van der Waals surface area contributed by atoms with E-state index >= 15 is 0 Å². The molecule has 1 amide bonds. The minimum absolute atomic E-state index is 0.0837. The van der Waals surface area contributed by atoms with Crippen molar-refractivity contribution < 1.29 is 24.2 Å². The summed E-state index contributed by atoms with van der Waals surface area (Å²) in [4.78, 5) is 23.4. The highest BCUT2D eigenvalue weighted by Crippen LogP contribution is 2.26. The number of amides is 1. The molecule has 6 nitrogen and oxygen atoms in total. The number of carbonyl (C=O) groups is 2. The maximum absolute atomic E-state index is 12.3. The van der Waals surface area contributed by atoms with Gasteiger partial charge in [-0.25, -0.2) is 0 Å². The monoisotopic (exact) mass is 323 g/mol. The van der Waals surface area contributed by atoms with Gasteiger partial charge in [-0.1, -0.05) is 0 Å². The highest BCUT2D eigenvalue weighted by Gasteiger charge is 2.26. The summed E-state index contributed by atoms with van der Waals surface area (Å²) < 4.78 is 10.8. The van der Waals surface area contributed by atoms with E-state index in [1.807, 2.05) is 13.8 Å².